The summed E-state index contributed by atoms with van der Waals surface area (Å²) in [5.74, 6) is 0.974. The van der Waals surface area contributed by atoms with Gasteiger partial charge < -0.3 is 9.88 Å². The first-order valence-electron chi connectivity index (χ1n) is 6.63. The number of hydrogen-bond acceptors (Lipinski definition) is 2. The number of nitrogens with zero attached hydrogens (tertiary/aromatic N) is 2. The number of benzene rings is 1. The third kappa shape index (κ3) is 2.56. The summed E-state index contributed by atoms with van der Waals surface area (Å²) in [4.78, 5) is 16.0. The first kappa shape index (κ1) is 13.9. The van der Waals surface area contributed by atoms with Crippen molar-refractivity contribution in [1.29, 1.82) is 0 Å². The van der Waals surface area contributed by atoms with Gasteiger partial charge in [-0.15, -0.1) is 11.6 Å². The molecular weight excluding hydrogens is 342 g/mol. The number of nitrogens with one attached hydrogen (secondary N) is 1. The highest BCUT2D eigenvalue weighted by atomic mass is 79.9. The van der Waals surface area contributed by atoms with Crippen molar-refractivity contribution in [2.45, 2.75) is 37.7 Å². The van der Waals surface area contributed by atoms with Crippen molar-refractivity contribution in [2.75, 3.05) is 0 Å². The van der Waals surface area contributed by atoms with Crippen molar-refractivity contribution < 1.29 is 4.79 Å². The predicted octanol–water partition coefficient (Wildman–Crippen LogP) is 3.38. The second kappa shape index (κ2) is 5.37. The van der Waals surface area contributed by atoms with Crippen LogP contribution in [0.25, 0.3) is 11.0 Å². The normalized spacial score (nSPS) is 20.4. The molecule has 0 saturated carbocycles. The van der Waals surface area contributed by atoms with Gasteiger partial charge >= 0.3 is 0 Å². The Labute approximate surface area is 130 Å². The Morgan fingerprint density at radius 1 is 1.60 bits per heavy atom. The van der Waals surface area contributed by atoms with Crippen LogP contribution in [0.1, 0.15) is 31.0 Å². The van der Waals surface area contributed by atoms with Crippen molar-refractivity contribution in [2.24, 2.45) is 0 Å². The lowest BCUT2D eigenvalue weighted by Crippen LogP contribution is -2.30. The first-order chi connectivity index (χ1) is 9.54. The molecule has 1 aromatic heterocycles. The van der Waals surface area contributed by atoms with Gasteiger partial charge in [-0.2, -0.15) is 0 Å². The molecule has 2 heterocycles. The number of halogens is 2. The summed E-state index contributed by atoms with van der Waals surface area (Å²) in [6.07, 6.45) is 1.47. The third-order valence-electron chi connectivity index (χ3n) is 3.58. The smallest absolute Gasteiger partial charge is 0.220 e. The average molecular weight is 357 g/mol. The largest absolute Gasteiger partial charge is 0.352 e. The van der Waals surface area contributed by atoms with Crippen molar-refractivity contribution >= 4 is 44.5 Å². The molecule has 3 rings (SSSR count). The molecule has 1 aliphatic heterocycles. The number of carbonyl (C=O) groups is 1. The summed E-state index contributed by atoms with van der Waals surface area (Å²) in [6.45, 7) is 2.63. The SMILES string of the molecule is CC(Cl)c1nc2ccc(Br)cc2n1CC1CCC(=O)N1. The Bertz CT molecular complexity index is 668. The molecule has 1 aliphatic rings. The van der Waals surface area contributed by atoms with Crippen LogP contribution >= 0.6 is 27.5 Å². The van der Waals surface area contributed by atoms with E-state index in [2.05, 4.69) is 30.8 Å². The maximum absolute atomic E-state index is 11.3. The summed E-state index contributed by atoms with van der Waals surface area (Å²) >= 11 is 9.74. The van der Waals surface area contributed by atoms with Crippen LogP contribution in [0.5, 0.6) is 0 Å². The van der Waals surface area contributed by atoms with E-state index in [1.165, 1.54) is 0 Å². The van der Waals surface area contributed by atoms with Gasteiger partial charge in [0.05, 0.1) is 16.4 Å². The van der Waals surface area contributed by atoms with Crippen molar-refractivity contribution in [3.63, 3.8) is 0 Å². The quantitative estimate of drug-likeness (QED) is 0.857. The van der Waals surface area contributed by atoms with E-state index in [1.54, 1.807) is 0 Å². The maximum Gasteiger partial charge on any atom is 0.220 e. The molecule has 1 fully saturated rings. The van der Waals surface area contributed by atoms with E-state index in [0.717, 1.165) is 27.8 Å². The van der Waals surface area contributed by atoms with E-state index < -0.39 is 0 Å². The van der Waals surface area contributed by atoms with Crippen LogP contribution in [0.15, 0.2) is 22.7 Å². The van der Waals surface area contributed by atoms with E-state index >= 15 is 0 Å². The minimum atomic E-state index is -0.168. The molecule has 2 atom stereocenters. The van der Waals surface area contributed by atoms with Crippen LogP contribution in [0.2, 0.25) is 0 Å². The van der Waals surface area contributed by atoms with Gasteiger partial charge in [0.25, 0.3) is 0 Å². The van der Waals surface area contributed by atoms with Crippen LogP contribution in [-0.4, -0.2) is 21.5 Å². The molecule has 0 aliphatic carbocycles. The molecule has 6 heteroatoms. The standard InChI is InChI=1S/C14H15BrClN3O/c1-8(16)14-18-11-4-2-9(15)6-12(11)19(14)7-10-3-5-13(20)17-10/h2,4,6,8,10H,3,5,7H2,1H3,(H,17,20). The summed E-state index contributed by atoms with van der Waals surface area (Å²) in [5, 5.41) is 2.83. The fourth-order valence-electron chi connectivity index (χ4n) is 2.64. The van der Waals surface area contributed by atoms with Crippen LogP contribution in [-0.2, 0) is 11.3 Å². The van der Waals surface area contributed by atoms with Crippen LogP contribution < -0.4 is 5.32 Å². The fraction of sp³-hybridized carbons (Fsp3) is 0.429. The molecule has 0 spiro atoms. The van der Waals surface area contributed by atoms with Crippen LogP contribution in [0, 0.1) is 0 Å². The topological polar surface area (TPSA) is 46.9 Å². The molecule has 1 amide bonds. The molecule has 106 valence electrons. The zero-order valence-electron chi connectivity index (χ0n) is 11.1. The van der Waals surface area contributed by atoms with Gasteiger partial charge in [0.15, 0.2) is 0 Å². The summed E-state index contributed by atoms with van der Waals surface area (Å²) in [6, 6.07) is 6.15. The predicted molar refractivity (Wildman–Crippen MR) is 82.9 cm³/mol. The molecule has 0 radical (unpaired) electrons. The lowest BCUT2D eigenvalue weighted by molar-refractivity contribution is -0.119. The Kier molecular flexibility index (Phi) is 3.73. The highest BCUT2D eigenvalue weighted by Crippen LogP contribution is 2.27. The number of hydrogen-bond donors (Lipinski definition) is 1. The minimum absolute atomic E-state index is 0.126. The van der Waals surface area contributed by atoms with Crippen LogP contribution in [0.4, 0.5) is 0 Å². The highest BCUT2D eigenvalue weighted by Gasteiger charge is 2.24. The number of amides is 1. The molecule has 2 unspecified atom stereocenters. The maximum atomic E-state index is 11.3. The number of carbonyl (C=O) groups excluding carboxylic acids is 1. The number of alkyl halides is 1. The molecule has 20 heavy (non-hydrogen) atoms. The van der Waals surface area contributed by atoms with Gasteiger partial charge in [0, 0.05) is 23.5 Å². The fourth-order valence-corrected chi connectivity index (χ4v) is 3.16. The molecule has 1 saturated heterocycles. The van der Waals surface area contributed by atoms with Crippen molar-refractivity contribution in [3.05, 3.63) is 28.5 Å². The Morgan fingerprint density at radius 3 is 3.05 bits per heavy atom. The van der Waals surface area contributed by atoms with Gasteiger partial charge in [-0.1, -0.05) is 15.9 Å². The molecule has 2 aromatic rings. The first-order valence-corrected chi connectivity index (χ1v) is 7.86. The Morgan fingerprint density at radius 2 is 2.40 bits per heavy atom. The summed E-state index contributed by atoms with van der Waals surface area (Å²) in [5.41, 5.74) is 1.98. The molecule has 4 nitrogen and oxygen atoms in total. The summed E-state index contributed by atoms with van der Waals surface area (Å²) < 4.78 is 3.13. The Balaban J connectivity index is 2.03. The zero-order valence-corrected chi connectivity index (χ0v) is 13.4. The molecular formula is C14H15BrClN3O. The van der Waals surface area contributed by atoms with Crippen molar-refractivity contribution in [1.82, 2.24) is 14.9 Å². The Hall–Kier alpha value is -1.07. The molecule has 0 bridgehead atoms. The zero-order chi connectivity index (χ0) is 14.3. The van der Waals surface area contributed by atoms with E-state index in [0.29, 0.717) is 13.0 Å². The van der Waals surface area contributed by atoms with Gasteiger partial charge in [0.2, 0.25) is 5.91 Å². The third-order valence-corrected chi connectivity index (χ3v) is 4.27. The number of fused-ring (bicyclic) bond motifs is 1. The lowest BCUT2D eigenvalue weighted by atomic mass is 10.2. The van der Waals surface area contributed by atoms with E-state index in [-0.39, 0.29) is 17.3 Å². The van der Waals surface area contributed by atoms with Gasteiger partial charge in [0.1, 0.15) is 5.82 Å². The number of rotatable bonds is 3. The monoisotopic (exact) mass is 355 g/mol. The van der Waals surface area contributed by atoms with Crippen molar-refractivity contribution in [3.8, 4) is 0 Å². The highest BCUT2D eigenvalue weighted by molar-refractivity contribution is 9.10. The minimum Gasteiger partial charge on any atom is -0.352 e. The van der Waals surface area contributed by atoms with E-state index in [9.17, 15) is 4.79 Å². The number of imidazole rings is 1. The lowest BCUT2D eigenvalue weighted by Gasteiger charge is -2.15. The van der Waals surface area contributed by atoms with Gasteiger partial charge in [-0.25, -0.2) is 4.98 Å². The van der Waals surface area contributed by atoms with Crippen LogP contribution in [0.3, 0.4) is 0 Å². The second-order valence-corrected chi connectivity index (χ2v) is 6.70. The van der Waals surface area contributed by atoms with Gasteiger partial charge in [-0.05, 0) is 31.5 Å². The van der Waals surface area contributed by atoms with Gasteiger partial charge in [-0.3, -0.25) is 4.79 Å². The molecule has 1 N–H and O–H groups in total. The van der Waals surface area contributed by atoms with E-state index in [4.69, 9.17) is 11.6 Å². The summed E-state index contributed by atoms with van der Waals surface area (Å²) in [7, 11) is 0. The van der Waals surface area contributed by atoms with E-state index in [1.807, 2.05) is 25.1 Å². The average Bonchev–Trinajstić information content (AvgIpc) is 2.95. The second-order valence-electron chi connectivity index (χ2n) is 5.13. The molecule has 1 aromatic carbocycles. The number of aromatic nitrogens is 2.